The largest absolute Gasteiger partial charge is 0.198 e. The molecule has 0 saturated carbocycles. The van der Waals surface area contributed by atoms with E-state index in [1.807, 2.05) is 0 Å². The molecule has 0 bridgehead atoms. The molecule has 12 heavy (non-hydrogen) atoms. The molecule has 1 aromatic rings. The van der Waals surface area contributed by atoms with Gasteiger partial charge >= 0.3 is 0 Å². The van der Waals surface area contributed by atoms with E-state index in [0.717, 1.165) is 0 Å². The van der Waals surface area contributed by atoms with Crippen molar-refractivity contribution >= 4 is 11.6 Å². The monoisotopic (exact) mass is 185 g/mol. The number of hydrogen-bond donors (Lipinski definition) is 0. The van der Waals surface area contributed by atoms with Crippen LogP contribution in [0.2, 0.25) is 0 Å². The maximum atomic E-state index is 8.58. The Hall–Kier alpha value is -1.15. The van der Waals surface area contributed by atoms with Crippen LogP contribution in [0.5, 0.6) is 0 Å². The van der Waals surface area contributed by atoms with Crippen molar-refractivity contribution in [3.05, 3.63) is 5.82 Å². The van der Waals surface area contributed by atoms with Gasteiger partial charge in [0.15, 0.2) is 5.82 Å². The molecule has 0 amide bonds. The molecule has 0 N–H and O–H groups in total. The second kappa shape index (κ2) is 4.02. The van der Waals surface area contributed by atoms with Crippen LogP contribution in [0.25, 0.3) is 0 Å². The van der Waals surface area contributed by atoms with Gasteiger partial charge in [-0.25, -0.2) is 0 Å². The summed E-state index contributed by atoms with van der Waals surface area (Å²) in [5, 5.41) is 19.9. The van der Waals surface area contributed by atoms with Gasteiger partial charge in [0.05, 0.1) is 19.0 Å². The third kappa shape index (κ3) is 2.17. The van der Waals surface area contributed by atoms with Gasteiger partial charge < -0.3 is 0 Å². The fourth-order valence-electron chi connectivity index (χ4n) is 0.760. The lowest BCUT2D eigenvalue weighted by Gasteiger charge is -1.97. The quantitative estimate of drug-likeness (QED) is 0.628. The molecule has 1 aromatic heterocycles. The van der Waals surface area contributed by atoms with Crippen LogP contribution in [0, 0.1) is 17.2 Å². The summed E-state index contributed by atoms with van der Waals surface area (Å²) in [4.78, 5) is 1.36. The molecule has 0 spiro atoms. The Morgan fingerprint density at radius 1 is 1.75 bits per heavy atom. The molecule has 1 atom stereocenters. The minimum Gasteiger partial charge on any atom is -0.198 e. The molecule has 0 aliphatic heterocycles. The third-order valence-electron chi connectivity index (χ3n) is 1.35. The lowest BCUT2D eigenvalue weighted by molar-refractivity contribution is 0.623. The Labute approximate surface area is 74.9 Å². The van der Waals surface area contributed by atoms with Crippen molar-refractivity contribution in [2.24, 2.45) is 13.0 Å². The van der Waals surface area contributed by atoms with Crippen LogP contribution in [0.3, 0.4) is 0 Å². The Morgan fingerprint density at radius 3 is 2.92 bits per heavy atom. The minimum absolute atomic E-state index is 0.226. The molecular formula is C6H8ClN5. The predicted molar refractivity (Wildman–Crippen MR) is 42.3 cm³/mol. The lowest BCUT2D eigenvalue weighted by Crippen LogP contribution is -2.05. The van der Waals surface area contributed by atoms with E-state index in [9.17, 15) is 0 Å². The summed E-state index contributed by atoms with van der Waals surface area (Å²) in [5.74, 6) is 0.634. The van der Waals surface area contributed by atoms with Crippen LogP contribution in [-0.2, 0) is 13.5 Å². The summed E-state index contributed by atoms with van der Waals surface area (Å²) >= 11 is 5.52. The van der Waals surface area contributed by atoms with E-state index in [1.54, 1.807) is 7.05 Å². The summed E-state index contributed by atoms with van der Waals surface area (Å²) < 4.78 is 0. The van der Waals surface area contributed by atoms with E-state index in [4.69, 9.17) is 16.9 Å². The maximum Gasteiger partial charge on any atom is 0.176 e. The number of halogens is 1. The zero-order valence-corrected chi connectivity index (χ0v) is 7.36. The van der Waals surface area contributed by atoms with Crippen molar-refractivity contribution in [2.75, 3.05) is 5.88 Å². The number of rotatable bonds is 3. The fraction of sp³-hybridized carbons (Fsp3) is 0.667. The smallest absolute Gasteiger partial charge is 0.176 e. The van der Waals surface area contributed by atoms with E-state index in [1.165, 1.54) is 4.80 Å². The van der Waals surface area contributed by atoms with Crippen molar-refractivity contribution in [2.45, 2.75) is 6.42 Å². The number of tetrazole rings is 1. The Kier molecular flexibility index (Phi) is 3.00. The first-order valence-electron chi connectivity index (χ1n) is 3.44. The first-order chi connectivity index (χ1) is 5.76. The molecule has 5 nitrogen and oxygen atoms in total. The van der Waals surface area contributed by atoms with Gasteiger partial charge in [0.1, 0.15) is 0 Å². The van der Waals surface area contributed by atoms with E-state index in [2.05, 4.69) is 21.5 Å². The SMILES string of the molecule is Cn1nnc(CC(C#N)CCl)n1. The van der Waals surface area contributed by atoms with Gasteiger partial charge in [-0.1, -0.05) is 0 Å². The molecule has 0 fully saturated rings. The zero-order valence-electron chi connectivity index (χ0n) is 6.61. The minimum atomic E-state index is -0.226. The maximum absolute atomic E-state index is 8.58. The molecular weight excluding hydrogens is 178 g/mol. The van der Waals surface area contributed by atoms with Gasteiger partial charge in [-0.3, -0.25) is 0 Å². The number of nitrogens with zero attached hydrogens (tertiary/aromatic N) is 5. The van der Waals surface area contributed by atoms with Crippen LogP contribution in [-0.4, -0.2) is 26.1 Å². The Balaban J connectivity index is 2.58. The summed E-state index contributed by atoms with van der Waals surface area (Å²) in [7, 11) is 1.68. The molecule has 1 rings (SSSR count). The molecule has 0 saturated heterocycles. The van der Waals surface area contributed by atoms with Gasteiger partial charge in [-0.2, -0.15) is 10.1 Å². The normalized spacial score (nSPS) is 12.4. The van der Waals surface area contributed by atoms with Gasteiger partial charge in [0.25, 0.3) is 0 Å². The van der Waals surface area contributed by atoms with E-state index in [-0.39, 0.29) is 5.92 Å². The number of aromatic nitrogens is 4. The summed E-state index contributed by atoms with van der Waals surface area (Å²) in [6.45, 7) is 0. The highest BCUT2D eigenvalue weighted by Gasteiger charge is 2.10. The lowest BCUT2D eigenvalue weighted by atomic mass is 10.1. The second-order valence-corrected chi connectivity index (χ2v) is 2.69. The predicted octanol–water partition coefficient (Wildman–Crippen LogP) is 0.131. The van der Waals surface area contributed by atoms with Crippen LogP contribution in [0.4, 0.5) is 0 Å². The van der Waals surface area contributed by atoms with Crippen LogP contribution in [0.1, 0.15) is 5.82 Å². The van der Waals surface area contributed by atoms with E-state index < -0.39 is 0 Å². The zero-order chi connectivity index (χ0) is 8.97. The van der Waals surface area contributed by atoms with Crippen LogP contribution >= 0.6 is 11.6 Å². The molecule has 0 aromatic carbocycles. The second-order valence-electron chi connectivity index (χ2n) is 2.38. The van der Waals surface area contributed by atoms with Crippen molar-refractivity contribution < 1.29 is 0 Å². The highest BCUT2D eigenvalue weighted by atomic mass is 35.5. The first-order valence-corrected chi connectivity index (χ1v) is 3.98. The van der Waals surface area contributed by atoms with E-state index >= 15 is 0 Å². The third-order valence-corrected chi connectivity index (χ3v) is 1.72. The Morgan fingerprint density at radius 2 is 2.50 bits per heavy atom. The van der Waals surface area contributed by atoms with Gasteiger partial charge in [-0.15, -0.1) is 21.8 Å². The molecule has 1 heterocycles. The topological polar surface area (TPSA) is 67.4 Å². The van der Waals surface area contributed by atoms with Gasteiger partial charge in [-0.05, 0) is 5.21 Å². The number of aryl methyl sites for hydroxylation is 1. The summed E-state index contributed by atoms with van der Waals surface area (Å²) in [5.41, 5.74) is 0. The van der Waals surface area contributed by atoms with Crippen molar-refractivity contribution in [3.8, 4) is 6.07 Å². The average Bonchev–Trinajstić information content (AvgIpc) is 2.47. The Bertz CT molecular complexity index is 288. The molecule has 0 aliphatic rings. The van der Waals surface area contributed by atoms with Gasteiger partial charge in [0, 0.05) is 12.3 Å². The molecule has 64 valence electrons. The molecule has 6 heteroatoms. The van der Waals surface area contributed by atoms with Crippen molar-refractivity contribution in [3.63, 3.8) is 0 Å². The van der Waals surface area contributed by atoms with E-state index in [0.29, 0.717) is 18.1 Å². The van der Waals surface area contributed by atoms with Crippen molar-refractivity contribution in [1.82, 2.24) is 20.2 Å². The molecule has 0 aliphatic carbocycles. The number of nitriles is 1. The fourth-order valence-corrected chi connectivity index (χ4v) is 0.938. The standard InChI is InChI=1S/C6H8ClN5/c1-12-10-6(9-11-12)2-5(3-7)4-8/h5H,2-3H2,1H3. The number of hydrogen-bond acceptors (Lipinski definition) is 4. The molecule has 1 unspecified atom stereocenters. The van der Waals surface area contributed by atoms with Gasteiger partial charge in [0.2, 0.25) is 0 Å². The van der Waals surface area contributed by atoms with Crippen LogP contribution < -0.4 is 0 Å². The first kappa shape index (κ1) is 8.94. The summed E-state index contributed by atoms with van der Waals surface area (Å²) in [6.07, 6.45) is 0.466. The number of alkyl halides is 1. The van der Waals surface area contributed by atoms with Crippen LogP contribution in [0.15, 0.2) is 0 Å². The summed E-state index contributed by atoms with van der Waals surface area (Å²) in [6, 6.07) is 2.06. The van der Waals surface area contributed by atoms with Crippen molar-refractivity contribution in [1.29, 1.82) is 5.26 Å². The highest BCUT2D eigenvalue weighted by Crippen LogP contribution is 2.03. The average molecular weight is 186 g/mol. The highest BCUT2D eigenvalue weighted by molar-refractivity contribution is 6.18. The molecule has 0 radical (unpaired) electrons.